The molecule has 5 rings (SSSR count). The van der Waals surface area contributed by atoms with Crippen molar-refractivity contribution in [1.82, 2.24) is 14.3 Å². The largest absolute Gasteiger partial charge is 0.464 e. The summed E-state index contributed by atoms with van der Waals surface area (Å²) in [5.41, 5.74) is 4.13. The lowest BCUT2D eigenvalue weighted by Gasteiger charge is -2.31. The topological polar surface area (TPSA) is 50.8 Å². The summed E-state index contributed by atoms with van der Waals surface area (Å²) in [5, 5.41) is 1.01. The van der Waals surface area contributed by atoms with E-state index >= 15 is 0 Å². The monoisotopic (exact) mass is 405 g/mol. The molecule has 0 atom stereocenters. The maximum atomic E-state index is 13.4. The lowest BCUT2D eigenvalue weighted by molar-refractivity contribution is 0.214. The van der Waals surface area contributed by atoms with Gasteiger partial charge in [-0.25, -0.2) is 9.37 Å². The minimum atomic E-state index is -0.271. The number of halogens is 1. The van der Waals surface area contributed by atoms with E-state index in [0.29, 0.717) is 23.6 Å². The molecule has 1 aliphatic rings. The van der Waals surface area contributed by atoms with Crippen LogP contribution in [0.4, 0.5) is 4.39 Å². The molecule has 1 aliphatic heterocycles. The van der Waals surface area contributed by atoms with Gasteiger partial charge in [-0.15, -0.1) is 0 Å². The van der Waals surface area contributed by atoms with Gasteiger partial charge in [0.1, 0.15) is 17.0 Å². The first-order valence-corrected chi connectivity index (χ1v) is 10.5. The fourth-order valence-corrected chi connectivity index (χ4v) is 4.60. The highest BCUT2D eigenvalue weighted by atomic mass is 19.1. The average molecular weight is 405 g/mol. The van der Waals surface area contributed by atoms with E-state index in [-0.39, 0.29) is 11.4 Å². The van der Waals surface area contributed by atoms with Gasteiger partial charge in [-0.2, -0.15) is 0 Å². The van der Waals surface area contributed by atoms with Crippen LogP contribution >= 0.6 is 0 Å². The molecule has 0 aliphatic carbocycles. The van der Waals surface area contributed by atoms with E-state index < -0.39 is 0 Å². The number of nitrogens with zero attached hydrogens (tertiary/aromatic N) is 3. The van der Waals surface area contributed by atoms with E-state index in [1.165, 1.54) is 17.7 Å². The van der Waals surface area contributed by atoms with E-state index in [0.717, 1.165) is 49.1 Å². The van der Waals surface area contributed by atoms with Crippen molar-refractivity contribution in [2.45, 2.75) is 32.1 Å². The van der Waals surface area contributed by atoms with Gasteiger partial charge in [0, 0.05) is 41.0 Å². The zero-order valence-corrected chi connectivity index (χ0v) is 17.0. The lowest BCUT2D eigenvalue weighted by atomic mass is 9.89. The van der Waals surface area contributed by atoms with Gasteiger partial charge in [-0.1, -0.05) is 6.07 Å². The first kappa shape index (κ1) is 19.0. The minimum Gasteiger partial charge on any atom is -0.464 e. The van der Waals surface area contributed by atoms with Crippen LogP contribution in [0.15, 0.2) is 58.1 Å². The Morgan fingerprint density at radius 2 is 2.03 bits per heavy atom. The molecule has 5 nitrogen and oxygen atoms in total. The van der Waals surface area contributed by atoms with Crippen LogP contribution < -0.4 is 5.56 Å². The molecule has 30 heavy (non-hydrogen) atoms. The number of aromatic nitrogens is 2. The summed E-state index contributed by atoms with van der Waals surface area (Å²) in [7, 11) is 0. The second kappa shape index (κ2) is 7.69. The third-order valence-corrected chi connectivity index (χ3v) is 6.31. The average Bonchev–Trinajstić information content (AvgIpc) is 3.17. The fraction of sp³-hybridized carbons (Fsp3) is 0.333. The molecule has 0 amide bonds. The third kappa shape index (κ3) is 3.41. The van der Waals surface area contributed by atoms with E-state index in [9.17, 15) is 9.18 Å². The number of hydrogen-bond donors (Lipinski definition) is 0. The predicted molar refractivity (Wildman–Crippen MR) is 114 cm³/mol. The van der Waals surface area contributed by atoms with Crippen LogP contribution in [0.1, 0.15) is 35.6 Å². The number of piperidine rings is 1. The van der Waals surface area contributed by atoms with Crippen molar-refractivity contribution in [3.05, 3.63) is 81.9 Å². The van der Waals surface area contributed by atoms with Gasteiger partial charge < -0.3 is 9.32 Å². The number of pyridine rings is 1. The Kier molecular flexibility index (Phi) is 4.87. The Morgan fingerprint density at radius 1 is 1.20 bits per heavy atom. The Morgan fingerprint density at radius 3 is 2.87 bits per heavy atom. The van der Waals surface area contributed by atoms with Gasteiger partial charge in [0.2, 0.25) is 0 Å². The maximum absolute atomic E-state index is 13.4. The molecule has 0 N–H and O–H groups in total. The normalized spacial score (nSPS) is 15.9. The highest BCUT2D eigenvalue weighted by Gasteiger charge is 2.24. The molecule has 6 heteroatoms. The van der Waals surface area contributed by atoms with Gasteiger partial charge in [0.15, 0.2) is 0 Å². The number of hydrogen-bond acceptors (Lipinski definition) is 4. The molecule has 0 unspecified atom stereocenters. The summed E-state index contributed by atoms with van der Waals surface area (Å²) in [6.45, 7) is 4.71. The molecule has 1 saturated heterocycles. The number of rotatable bonds is 4. The van der Waals surface area contributed by atoms with Crippen LogP contribution in [0.3, 0.4) is 0 Å². The van der Waals surface area contributed by atoms with E-state index in [1.807, 2.05) is 31.2 Å². The zero-order valence-electron chi connectivity index (χ0n) is 17.0. The van der Waals surface area contributed by atoms with Gasteiger partial charge in [0.05, 0.1) is 6.26 Å². The van der Waals surface area contributed by atoms with Crippen molar-refractivity contribution in [2.75, 3.05) is 19.6 Å². The van der Waals surface area contributed by atoms with Crippen molar-refractivity contribution in [3.8, 4) is 0 Å². The highest BCUT2D eigenvalue weighted by molar-refractivity contribution is 5.81. The molecule has 4 heterocycles. The summed E-state index contributed by atoms with van der Waals surface area (Å²) in [5.74, 6) is 0.148. The first-order valence-electron chi connectivity index (χ1n) is 10.5. The number of benzene rings is 1. The van der Waals surface area contributed by atoms with Crippen LogP contribution in [-0.4, -0.2) is 33.9 Å². The third-order valence-electron chi connectivity index (χ3n) is 6.31. The smallest absolute Gasteiger partial charge is 0.261 e. The van der Waals surface area contributed by atoms with Crippen molar-refractivity contribution in [3.63, 3.8) is 0 Å². The molecule has 154 valence electrons. The predicted octanol–water partition coefficient (Wildman–Crippen LogP) is 4.31. The Labute approximate surface area is 173 Å². The molecular formula is C24H24FN3O2. The van der Waals surface area contributed by atoms with E-state index in [4.69, 9.17) is 4.42 Å². The summed E-state index contributed by atoms with van der Waals surface area (Å²) >= 11 is 0. The molecule has 1 aromatic carbocycles. The minimum absolute atomic E-state index is 0.0325. The summed E-state index contributed by atoms with van der Waals surface area (Å²) in [4.78, 5) is 19.8. The van der Waals surface area contributed by atoms with Crippen molar-refractivity contribution in [1.29, 1.82) is 0 Å². The van der Waals surface area contributed by atoms with Gasteiger partial charge in [0.25, 0.3) is 5.56 Å². The SMILES string of the molecule is Cc1nc2ccccn2c(=O)c1CCN1CCC(c2coc3cc(F)ccc23)CC1. The Hall–Kier alpha value is -2.99. The number of aryl methyl sites for hydroxylation is 1. The van der Waals surface area contributed by atoms with E-state index in [1.54, 1.807) is 16.9 Å². The number of furan rings is 1. The second-order valence-electron chi connectivity index (χ2n) is 8.11. The van der Waals surface area contributed by atoms with Gasteiger partial charge in [-0.3, -0.25) is 9.20 Å². The summed E-state index contributed by atoms with van der Waals surface area (Å²) in [6.07, 6.45) is 6.32. The molecule has 1 fully saturated rings. The number of likely N-dealkylation sites (tertiary alicyclic amines) is 1. The number of fused-ring (bicyclic) bond motifs is 2. The Bertz CT molecular complexity index is 1270. The molecule has 0 radical (unpaired) electrons. The standard InChI is InChI=1S/C24H24FN3O2/c1-16-19(24(29)28-10-3-2-4-23(28)26-16)9-13-27-11-7-17(8-12-27)21-15-30-22-14-18(25)5-6-20(21)22/h2-6,10,14-15,17H,7-9,11-13H2,1H3. The van der Waals surface area contributed by atoms with Crippen molar-refractivity contribution >= 4 is 16.6 Å². The van der Waals surface area contributed by atoms with Gasteiger partial charge in [-0.05, 0) is 69.5 Å². The molecule has 0 bridgehead atoms. The van der Waals surface area contributed by atoms with Crippen LogP contribution in [0.2, 0.25) is 0 Å². The Balaban J connectivity index is 1.26. The van der Waals surface area contributed by atoms with Crippen LogP contribution in [0, 0.1) is 12.7 Å². The quantitative estimate of drug-likeness (QED) is 0.508. The van der Waals surface area contributed by atoms with Gasteiger partial charge >= 0.3 is 0 Å². The van der Waals surface area contributed by atoms with Crippen molar-refractivity contribution in [2.24, 2.45) is 0 Å². The zero-order chi connectivity index (χ0) is 20.7. The fourth-order valence-electron chi connectivity index (χ4n) is 4.60. The molecular weight excluding hydrogens is 381 g/mol. The molecule has 3 aromatic heterocycles. The van der Waals surface area contributed by atoms with Crippen molar-refractivity contribution < 1.29 is 8.81 Å². The maximum Gasteiger partial charge on any atom is 0.261 e. The summed E-state index contributed by atoms with van der Waals surface area (Å²) < 4.78 is 20.6. The molecule has 0 spiro atoms. The second-order valence-corrected chi connectivity index (χ2v) is 8.11. The van der Waals surface area contributed by atoms with Crippen LogP contribution in [-0.2, 0) is 6.42 Å². The lowest BCUT2D eigenvalue weighted by Crippen LogP contribution is -2.35. The first-order chi connectivity index (χ1) is 14.6. The molecule has 4 aromatic rings. The summed E-state index contributed by atoms with van der Waals surface area (Å²) in [6, 6.07) is 10.4. The van der Waals surface area contributed by atoms with Crippen LogP contribution in [0.5, 0.6) is 0 Å². The van der Waals surface area contributed by atoms with E-state index in [2.05, 4.69) is 9.88 Å². The van der Waals surface area contributed by atoms with Crippen LogP contribution in [0.25, 0.3) is 16.6 Å². The molecule has 0 saturated carbocycles. The highest BCUT2D eigenvalue weighted by Crippen LogP contribution is 2.34.